The van der Waals surface area contributed by atoms with Gasteiger partial charge in [0.2, 0.25) is 10.0 Å². The predicted octanol–water partition coefficient (Wildman–Crippen LogP) is 3.04. The predicted molar refractivity (Wildman–Crippen MR) is 131 cm³/mol. The number of hydrazine groups is 1. The van der Waals surface area contributed by atoms with Gasteiger partial charge in [0, 0.05) is 17.7 Å². The molecular weight excluding hydrogens is 470 g/mol. The lowest BCUT2D eigenvalue weighted by atomic mass is 10.2. The molecule has 35 heavy (non-hydrogen) atoms. The zero-order valence-corrected chi connectivity index (χ0v) is 20.4. The van der Waals surface area contributed by atoms with Crippen LogP contribution in [0.15, 0.2) is 77.7 Å². The van der Waals surface area contributed by atoms with Crippen LogP contribution in [0.2, 0.25) is 0 Å². The number of hydrogen-bond acceptors (Lipinski definition) is 6. The monoisotopic (exact) mass is 497 g/mol. The van der Waals surface area contributed by atoms with Gasteiger partial charge in [-0.05, 0) is 55.8 Å². The third-order valence-corrected chi connectivity index (χ3v) is 6.19. The minimum atomic E-state index is -3.85. The molecule has 0 saturated carbocycles. The van der Waals surface area contributed by atoms with Crippen molar-refractivity contribution in [1.82, 2.24) is 15.6 Å². The van der Waals surface area contributed by atoms with E-state index in [0.29, 0.717) is 11.5 Å². The van der Waals surface area contributed by atoms with Crippen molar-refractivity contribution in [1.29, 1.82) is 0 Å². The Bertz CT molecular complexity index is 1290. The Morgan fingerprint density at radius 3 is 2.11 bits per heavy atom. The standard InChI is InChI=1S/C25H27N3O6S/c1-17(2)34-22-13-12-20(15-23(22)33-3)25(30)28-27-24(29)19-10-7-11-21(14-19)35(31,32)26-16-18-8-5-4-6-9-18/h4-15,17,26H,16H2,1-3H3,(H,27,29)(H,28,30). The van der Waals surface area contributed by atoms with E-state index in [0.717, 1.165) is 5.56 Å². The quantitative estimate of drug-likeness (QED) is 0.391. The SMILES string of the molecule is COc1cc(C(=O)NNC(=O)c2cccc(S(=O)(=O)NCc3ccccc3)c2)ccc1OC(C)C. The fourth-order valence-electron chi connectivity index (χ4n) is 3.08. The summed E-state index contributed by atoms with van der Waals surface area (Å²) < 4.78 is 38.7. The van der Waals surface area contributed by atoms with Crippen LogP contribution in [0.1, 0.15) is 40.1 Å². The largest absolute Gasteiger partial charge is 0.493 e. The third kappa shape index (κ3) is 7.05. The number of carbonyl (C=O) groups is 2. The van der Waals surface area contributed by atoms with E-state index in [1.54, 1.807) is 18.2 Å². The van der Waals surface area contributed by atoms with Gasteiger partial charge in [0.1, 0.15) is 0 Å². The molecule has 0 spiro atoms. The molecule has 0 saturated heterocycles. The number of rotatable bonds is 9. The van der Waals surface area contributed by atoms with E-state index in [9.17, 15) is 18.0 Å². The summed E-state index contributed by atoms with van der Waals surface area (Å²) in [6.45, 7) is 3.85. The minimum Gasteiger partial charge on any atom is -0.493 e. The molecule has 10 heteroatoms. The van der Waals surface area contributed by atoms with Crippen molar-refractivity contribution in [2.75, 3.05) is 7.11 Å². The van der Waals surface area contributed by atoms with E-state index in [4.69, 9.17) is 9.47 Å². The fraction of sp³-hybridized carbons (Fsp3) is 0.200. The zero-order valence-electron chi connectivity index (χ0n) is 19.6. The lowest BCUT2D eigenvalue weighted by Gasteiger charge is -2.14. The number of carbonyl (C=O) groups excluding carboxylic acids is 2. The second-order valence-corrected chi connectivity index (χ2v) is 9.55. The summed E-state index contributed by atoms with van der Waals surface area (Å²) in [4.78, 5) is 25.0. The van der Waals surface area contributed by atoms with Crippen molar-refractivity contribution in [2.45, 2.75) is 31.4 Å². The average molecular weight is 498 g/mol. The highest BCUT2D eigenvalue weighted by molar-refractivity contribution is 7.89. The van der Waals surface area contributed by atoms with Crippen molar-refractivity contribution < 1.29 is 27.5 Å². The Morgan fingerprint density at radius 1 is 0.829 bits per heavy atom. The highest BCUT2D eigenvalue weighted by atomic mass is 32.2. The molecule has 3 rings (SSSR count). The number of amides is 2. The lowest BCUT2D eigenvalue weighted by molar-refractivity contribution is 0.0846. The molecule has 9 nitrogen and oxygen atoms in total. The van der Waals surface area contributed by atoms with Gasteiger partial charge in [-0.3, -0.25) is 20.4 Å². The van der Waals surface area contributed by atoms with Crippen LogP contribution in [0.4, 0.5) is 0 Å². The van der Waals surface area contributed by atoms with Crippen LogP contribution >= 0.6 is 0 Å². The molecular formula is C25H27N3O6S. The maximum absolute atomic E-state index is 12.7. The molecule has 0 atom stereocenters. The van der Waals surface area contributed by atoms with Gasteiger partial charge in [-0.15, -0.1) is 0 Å². The van der Waals surface area contributed by atoms with Crippen molar-refractivity contribution in [2.24, 2.45) is 0 Å². The number of sulfonamides is 1. The maximum Gasteiger partial charge on any atom is 0.269 e. The summed E-state index contributed by atoms with van der Waals surface area (Å²) >= 11 is 0. The second kappa shape index (κ2) is 11.5. The van der Waals surface area contributed by atoms with Crippen LogP contribution in [-0.4, -0.2) is 33.4 Å². The number of hydrogen-bond donors (Lipinski definition) is 3. The van der Waals surface area contributed by atoms with Crippen LogP contribution in [0.25, 0.3) is 0 Å². The molecule has 0 radical (unpaired) electrons. The molecule has 0 unspecified atom stereocenters. The van der Waals surface area contributed by atoms with Crippen molar-refractivity contribution in [3.63, 3.8) is 0 Å². The van der Waals surface area contributed by atoms with Gasteiger partial charge in [-0.1, -0.05) is 36.4 Å². The first-order chi connectivity index (χ1) is 16.7. The van der Waals surface area contributed by atoms with Gasteiger partial charge in [-0.25, -0.2) is 13.1 Å². The topological polar surface area (TPSA) is 123 Å². The molecule has 0 fully saturated rings. The normalized spacial score (nSPS) is 11.1. The van der Waals surface area contributed by atoms with Crippen LogP contribution in [0, 0.1) is 0 Å². The Hall–Kier alpha value is -3.89. The first kappa shape index (κ1) is 25.7. The molecule has 2 amide bonds. The Morgan fingerprint density at radius 2 is 1.49 bits per heavy atom. The number of benzene rings is 3. The summed E-state index contributed by atoms with van der Waals surface area (Å²) in [6, 6.07) is 19.2. The maximum atomic E-state index is 12.7. The van der Waals surface area contributed by atoms with Gasteiger partial charge in [0.05, 0.1) is 18.1 Å². The van der Waals surface area contributed by atoms with Crippen molar-refractivity contribution in [3.8, 4) is 11.5 Å². The summed E-state index contributed by atoms with van der Waals surface area (Å²) in [5.74, 6) is -0.396. The molecule has 0 aromatic heterocycles. The molecule has 3 aromatic rings. The number of ether oxygens (including phenoxy) is 2. The van der Waals surface area contributed by atoms with E-state index in [1.165, 1.54) is 43.5 Å². The molecule has 184 valence electrons. The van der Waals surface area contributed by atoms with Gasteiger partial charge >= 0.3 is 0 Å². The van der Waals surface area contributed by atoms with Gasteiger partial charge in [-0.2, -0.15) is 0 Å². The molecule has 3 N–H and O–H groups in total. The van der Waals surface area contributed by atoms with Crippen LogP contribution in [0.3, 0.4) is 0 Å². The first-order valence-corrected chi connectivity index (χ1v) is 12.3. The summed E-state index contributed by atoms with van der Waals surface area (Å²) in [7, 11) is -2.39. The number of methoxy groups -OCH3 is 1. The molecule has 0 aliphatic heterocycles. The van der Waals surface area contributed by atoms with E-state index in [1.807, 2.05) is 32.0 Å². The first-order valence-electron chi connectivity index (χ1n) is 10.8. The van der Waals surface area contributed by atoms with Gasteiger partial charge < -0.3 is 9.47 Å². The van der Waals surface area contributed by atoms with E-state index in [2.05, 4.69) is 15.6 Å². The smallest absolute Gasteiger partial charge is 0.269 e. The van der Waals surface area contributed by atoms with Crippen LogP contribution < -0.4 is 25.0 Å². The summed E-state index contributed by atoms with van der Waals surface area (Å²) in [5, 5.41) is 0. The van der Waals surface area contributed by atoms with Gasteiger partial charge in [0.15, 0.2) is 11.5 Å². The van der Waals surface area contributed by atoms with Crippen LogP contribution in [0.5, 0.6) is 11.5 Å². The van der Waals surface area contributed by atoms with E-state index >= 15 is 0 Å². The zero-order chi connectivity index (χ0) is 25.4. The highest BCUT2D eigenvalue weighted by Crippen LogP contribution is 2.28. The Kier molecular flexibility index (Phi) is 8.45. The van der Waals surface area contributed by atoms with E-state index in [-0.39, 0.29) is 28.7 Å². The van der Waals surface area contributed by atoms with Crippen molar-refractivity contribution in [3.05, 3.63) is 89.5 Å². The molecule has 0 heterocycles. The van der Waals surface area contributed by atoms with Crippen molar-refractivity contribution >= 4 is 21.8 Å². The highest BCUT2D eigenvalue weighted by Gasteiger charge is 2.17. The van der Waals surface area contributed by atoms with E-state index < -0.39 is 21.8 Å². The average Bonchev–Trinajstić information content (AvgIpc) is 2.86. The van der Waals surface area contributed by atoms with Gasteiger partial charge in [0.25, 0.3) is 11.8 Å². The Balaban J connectivity index is 1.64. The molecule has 0 aliphatic carbocycles. The number of nitrogens with one attached hydrogen (secondary N) is 3. The molecule has 0 aliphatic rings. The lowest BCUT2D eigenvalue weighted by Crippen LogP contribution is -2.41. The Labute approximate surface area is 204 Å². The summed E-state index contributed by atoms with van der Waals surface area (Å²) in [5.41, 5.74) is 5.70. The molecule has 0 bridgehead atoms. The third-order valence-electron chi connectivity index (χ3n) is 4.79. The summed E-state index contributed by atoms with van der Waals surface area (Å²) in [6.07, 6.45) is -0.0732. The second-order valence-electron chi connectivity index (χ2n) is 7.78. The fourth-order valence-corrected chi connectivity index (χ4v) is 4.14. The van der Waals surface area contributed by atoms with Crippen LogP contribution in [-0.2, 0) is 16.6 Å². The minimum absolute atomic E-state index is 0.0612. The molecule has 3 aromatic carbocycles.